The van der Waals surface area contributed by atoms with Gasteiger partial charge in [0.15, 0.2) is 0 Å². The van der Waals surface area contributed by atoms with Gasteiger partial charge in [-0.05, 0) is 24.1 Å². The van der Waals surface area contributed by atoms with Gasteiger partial charge in [-0.2, -0.15) is 0 Å². The molecule has 0 saturated heterocycles. The third-order valence-corrected chi connectivity index (χ3v) is 3.56. The van der Waals surface area contributed by atoms with Crippen LogP contribution in [-0.2, 0) is 11.3 Å². The summed E-state index contributed by atoms with van der Waals surface area (Å²) in [5.74, 6) is 0.677. The highest BCUT2D eigenvalue weighted by atomic mass is 35.5. The molecule has 1 aromatic carbocycles. The number of pyridine rings is 1. The van der Waals surface area contributed by atoms with Crippen molar-refractivity contribution in [1.29, 1.82) is 0 Å². The van der Waals surface area contributed by atoms with Gasteiger partial charge in [0, 0.05) is 18.7 Å². The van der Waals surface area contributed by atoms with E-state index in [0.717, 1.165) is 16.7 Å². The molecule has 0 saturated carbocycles. The fourth-order valence-electron chi connectivity index (χ4n) is 2.47. The van der Waals surface area contributed by atoms with Crippen LogP contribution in [0.25, 0.3) is 11.1 Å². The molecule has 0 N–H and O–H groups in total. The fourth-order valence-corrected chi connectivity index (χ4v) is 2.63. The number of anilines is 1. The number of hydrogen-bond acceptors (Lipinski definition) is 2. The minimum Gasteiger partial charge on any atom is -0.292 e. The number of fused-ring (bicyclic) bond motifs is 3. The summed E-state index contributed by atoms with van der Waals surface area (Å²) in [5.41, 5.74) is 4.34. The normalized spacial score (nSPS) is 12.9. The molecular weight excluding hydrogens is 260 g/mol. The van der Waals surface area contributed by atoms with Crippen molar-refractivity contribution in [3.05, 3.63) is 46.6 Å². The third kappa shape index (κ3) is 2.00. The molecule has 96 valence electrons. The molecule has 0 fully saturated rings. The van der Waals surface area contributed by atoms with E-state index in [1.54, 1.807) is 18.0 Å². The summed E-state index contributed by atoms with van der Waals surface area (Å²) in [6.07, 6.45) is 1.58. The van der Waals surface area contributed by atoms with Crippen molar-refractivity contribution < 1.29 is 4.79 Å². The van der Waals surface area contributed by atoms with Crippen LogP contribution in [-0.4, -0.2) is 10.9 Å². The molecule has 0 unspecified atom stereocenters. The number of carbonyl (C=O) groups excluding carboxylic acids is 1. The molecule has 0 radical (unpaired) electrons. The van der Waals surface area contributed by atoms with Crippen molar-refractivity contribution in [2.75, 3.05) is 4.90 Å². The first kappa shape index (κ1) is 12.2. The topological polar surface area (TPSA) is 33.2 Å². The lowest BCUT2D eigenvalue weighted by atomic mass is 9.94. The van der Waals surface area contributed by atoms with Crippen molar-refractivity contribution in [2.24, 2.45) is 0 Å². The molecule has 19 heavy (non-hydrogen) atoms. The highest BCUT2D eigenvalue weighted by Gasteiger charge is 2.25. The molecule has 0 atom stereocenters. The summed E-state index contributed by atoms with van der Waals surface area (Å²) in [5, 5.41) is 0.579. The quantitative estimate of drug-likeness (QED) is 0.734. The van der Waals surface area contributed by atoms with E-state index in [9.17, 15) is 4.79 Å². The lowest BCUT2D eigenvalue weighted by Gasteiger charge is -2.29. The number of nitrogens with zero attached hydrogens (tertiary/aromatic N) is 2. The largest absolute Gasteiger partial charge is 0.292 e. The number of aryl methyl sites for hydroxylation is 1. The van der Waals surface area contributed by atoms with Gasteiger partial charge in [-0.3, -0.25) is 9.69 Å². The summed E-state index contributed by atoms with van der Waals surface area (Å²) >= 11 is 6.04. The maximum absolute atomic E-state index is 11.8. The smallest absolute Gasteiger partial charge is 0.225 e. The molecule has 0 aliphatic carbocycles. The van der Waals surface area contributed by atoms with Crippen LogP contribution in [0.3, 0.4) is 0 Å². The van der Waals surface area contributed by atoms with Gasteiger partial charge < -0.3 is 0 Å². The Hall–Kier alpha value is -1.87. The zero-order valence-corrected chi connectivity index (χ0v) is 11.5. The van der Waals surface area contributed by atoms with Crippen LogP contribution in [0, 0.1) is 6.92 Å². The molecule has 0 spiro atoms. The molecular formula is C15H13ClN2O. The van der Waals surface area contributed by atoms with Crippen molar-refractivity contribution in [3.8, 4) is 11.1 Å². The zero-order valence-electron chi connectivity index (χ0n) is 10.8. The van der Waals surface area contributed by atoms with Gasteiger partial charge in [-0.25, -0.2) is 4.98 Å². The van der Waals surface area contributed by atoms with E-state index in [1.165, 1.54) is 5.56 Å². The zero-order chi connectivity index (χ0) is 13.6. The Labute approximate surface area is 116 Å². The number of carbonyl (C=O) groups is 1. The number of halogens is 1. The number of hydrogen-bond donors (Lipinski definition) is 0. The Morgan fingerprint density at radius 1 is 1.32 bits per heavy atom. The Kier molecular flexibility index (Phi) is 2.79. The fraction of sp³-hybridized carbons (Fsp3) is 0.200. The molecule has 2 aromatic rings. The SMILES string of the molecule is CC(=O)N1Cc2cc(C)ccc2-c2cc(Cl)cnc21. The molecule has 3 rings (SSSR count). The van der Waals surface area contributed by atoms with Gasteiger partial charge in [-0.1, -0.05) is 35.4 Å². The number of rotatable bonds is 0. The van der Waals surface area contributed by atoms with Crippen molar-refractivity contribution in [1.82, 2.24) is 4.98 Å². The number of aromatic nitrogens is 1. The second-order valence-corrected chi connectivity index (χ2v) is 5.23. The van der Waals surface area contributed by atoms with E-state index < -0.39 is 0 Å². The first-order valence-corrected chi connectivity index (χ1v) is 6.47. The van der Waals surface area contributed by atoms with Crippen LogP contribution in [0.1, 0.15) is 18.1 Å². The lowest BCUT2D eigenvalue weighted by molar-refractivity contribution is -0.116. The Morgan fingerprint density at radius 3 is 2.84 bits per heavy atom. The summed E-state index contributed by atoms with van der Waals surface area (Å²) in [6.45, 7) is 4.17. The van der Waals surface area contributed by atoms with Gasteiger partial charge in [-0.15, -0.1) is 0 Å². The van der Waals surface area contributed by atoms with E-state index >= 15 is 0 Å². The minimum atomic E-state index is -0.0109. The molecule has 0 bridgehead atoms. The Bertz CT molecular complexity index is 682. The second kappa shape index (κ2) is 4.35. The molecule has 1 aliphatic rings. The summed E-state index contributed by atoms with van der Waals surface area (Å²) in [6, 6.07) is 8.11. The first-order chi connectivity index (χ1) is 9.06. The summed E-state index contributed by atoms with van der Waals surface area (Å²) in [4.78, 5) is 17.8. The van der Waals surface area contributed by atoms with Crippen molar-refractivity contribution in [2.45, 2.75) is 20.4 Å². The van der Waals surface area contributed by atoms with Gasteiger partial charge in [0.25, 0.3) is 0 Å². The minimum absolute atomic E-state index is 0.0109. The predicted octanol–water partition coefficient (Wildman–Crippen LogP) is 3.58. The molecule has 1 aliphatic heterocycles. The Balaban J connectivity index is 2.27. The monoisotopic (exact) mass is 272 g/mol. The van der Waals surface area contributed by atoms with E-state index in [-0.39, 0.29) is 5.91 Å². The highest BCUT2D eigenvalue weighted by Crippen LogP contribution is 2.39. The van der Waals surface area contributed by atoms with E-state index in [0.29, 0.717) is 17.4 Å². The van der Waals surface area contributed by atoms with Crippen molar-refractivity contribution >= 4 is 23.3 Å². The third-order valence-electron chi connectivity index (χ3n) is 3.35. The lowest BCUT2D eigenvalue weighted by Crippen LogP contribution is -2.31. The maximum Gasteiger partial charge on any atom is 0.225 e. The molecule has 1 aromatic heterocycles. The molecule has 4 heteroatoms. The van der Waals surface area contributed by atoms with Gasteiger partial charge in [0.05, 0.1) is 11.6 Å². The van der Waals surface area contributed by atoms with Crippen LogP contribution in [0.5, 0.6) is 0 Å². The van der Waals surface area contributed by atoms with Crippen LogP contribution in [0.15, 0.2) is 30.5 Å². The van der Waals surface area contributed by atoms with Crippen molar-refractivity contribution in [3.63, 3.8) is 0 Å². The molecule has 1 amide bonds. The van der Waals surface area contributed by atoms with Crippen LogP contribution in [0.4, 0.5) is 5.82 Å². The van der Waals surface area contributed by atoms with Crippen LogP contribution in [0.2, 0.25) is 5.02 Å². The number of amides is 1. The standard InChI is InChI=1S/C15H13ClN2O/c1-9-3-4-13-11(5-9)8-18(10(2)19)15-14(13)6-12(16)7-17-15/h3-7H,8H2,1-2H3. The van der Waals surface area contributed by atoms with Gasteiger partial charge in [0.2, 0.25) is 5.91 Å². The average Bonchev–Trinajstić information content (AvgIpc) is 2.36. The summed E-state index contributed by atoms with van der Waals surface area (Å²) < 4.78 is 0. The van der Waals surface area contributed by atoms with E-state index in [4.69, 9.17) is 11.6 Å². The first-order valence-electron chi connectivity index (χ1n) is 6.10. The Morgan fingerprint density at radius 2 is 2.11 bits per heavy atom. The van der Waals surface area contributed by atoms with E-state index in [1.807, 2.05) is 13.0 Å². The molecule has 3 nitrogen and oxygen atoms in total. The van der Waals surface area contributed by atoms with Crippen LogP contribution < -0.4 is 4.90 Å². The highest BCUT2D eigenvalue weighted by molar-refractivity contribution is 6.31. The average molecular weight is 273 g/mol. The predicted molar refractivity (Wildman–Crippen MR) is 76.3 cm³/mol. The van der Waals surface area contributed by atoms with Gasteiger partial charge >= 0.3 is 0 Å². The van der Waals surface area contributed by atoms with Gasteiger partial charge in [0.1, 0.15) is 5.82 Å². The number of benzene rings is 1. The summed E-state index contributed by atoms with van der Waals surface area (Å²) in [7, 11) is 0. The maximum atomic E-state index is 11.8. The van der Waals surface area contributed by atoms with Crippen LogP contribution >= 0.6 is 11.6 Å². The van der Waals surface area contributed by atoms with E-state index in [2.05, 4.69) is 23.2 Å². The molecule has 2 heterocycles. The second-order valence-electron chi connectivity index (χ2n) is 4.79.